The Hall–Kier alpha value is -2.00. The lowest BCUT2D eigenvalue weighted by atomic mass is 10.2. The normalized spacial score (nSPS) is 16.9. The van der Waals surface area contributed by atoms with Gasteiger partial charge in [0.15, 0.2) is 0 Å². The number of ether oxygens (including phenoxy) is 2. The maximum absolute atomic E-state index is 13.2. The first-order valence-electron chi connectivity index (χ1n) is 6.43. The molecule has 1 aliphatic heterocycles. The number of benzene rings is 1. The summed E-state index contributed by atoms with van der Waals surface area (Å²) in [5.74, 6) is -0.585. The maximum Gasteiger partial charge on any atom is 0.414 e. The second-order valence-electron chi connectivity index (χ2n) is 4.78. The van der Waals surface area contributed by atoms with Crippen LogP contribution in [0.1, 0.15) is 5.56 Å². The number of hydrogen-bond acceptors (Lipinski definition) is 5. The van der Waals surface area contributed by atoms with Crippen molar-refractivity contribution in [2.45, 2.75) is 19.3 Å². The third-order valence-corrected chi connectivity index (χ3v) is 3.79. The Balaban J connectivity index is 1.62. The molecule has 0 saturated carbocycles. The van der Waals surface area contributed by atoms with Crippen LogP contribution in [-0.4, -0.2) is 27.2 Å². The van der Waals surface area contributed by atoms with Crippen molar-refractivity contribution in [2.75, 3.05) is 6.61 Å². The van der Waals surface area contributed by atoms with E-state index in [1.807, 2.05) is 0 Å². The molecule has 0 aliphatic carbocycles. The van der Waals surface area contributed by atoms with E-state index in [0.29, 0.717) is 17.6 Å². The lowest BCUT2D eigenvalue weighted by Crippen LogP contribution is -2.32. The van der Waals surface area contributed by atoms with Crippen LogP contribution in [0.2, 0.25) is 0 Å². The van der Waals surface area contributed by atoms with Crippen LogP contribution in [0.3, 0.4) is 0 Å². The number of nitro groups is 1. The van der Waals surface area contributed by atoms with E-state index in [1.165, 1.54) is 12.3 Å². The monoisotopic (exact) mass is 371 g/mol. The van der Waals surface area contributed by atoms with Gasteiger partial charge in [0.25, 0.3) is 0 Å². The van der Waals surface area contributed by atoms with Gasteiger partial charge in [-0.05, 0) is 38.5 Å². The number of rotatable bonds is 4. The van der Waals surface area contributed by atoms with E-state index in [9.17, 15) is 14.5 Å². The molecular formula is C13H11BrFN3O4. The molecule has 2 heterocycles. The zero-order valence-corrected chi connectivity index (χ0v) is 12.8. The minimum Gasteiger partial charge on any atom is -0.443 e. The van der Waals surface area contributed by atoms with Crippen LogP contribution in [0.25, 0.3) is 0 Å². The summed E-state index contributed by atoms with van der Waals surface area (Å²) in [4.78, 5) is 13.9. The predicted octanol–water partition coefficient (Wildman–Crippen LogP) is 2.67. The van der Waals surface area contributed by atoms with E-state index in [2.05, 4.69) is 20.9 Å². The number of imidazole rings is 1. The van der Waals surface area contributed by atoms with Gasteiger partial charge in [-0.25, -0.2) is 4.39 Å². The van der Waals surface area contributed by atoms with Crippen LogP contribution in [-0.2, 0) is 17.9 Å². The highest BCUT2D eigenvalue weighted by atomic mass is 79.9. The van der Waals surface area contributed by atoms with E-state index >= 15 is 0 Å². The Labute approximate surface area is 132 Å². The number of hydrogen-bond donors (Lipinski definition) is 0. The first-order chi connectivity index (χ1) is 10.5. The van der Waals surface area contributed by atoms with Crippen LogP contribution < -0.4 is 4.74 Å². The maximum atomic E-state index is 13.2. The van der Waals surface area contributed by atoms with E-state index in [1.54, 1.807) is 16.7 Å². The molecule has 1 aromatic carbocycles. The molecular weight excluding hydrogens is 361 g/mol. The van der Waals surface area contributed by atoms with E-state index in [0.717, 1.165) is 5.56 Å². The van der Waals surface area contributed by atoms with Gasteiger partial charge in [-0.3, -0.25) is 4.57 Å². The SMILES string of the molecule is O=[N+]([O-])c1cn2c(n1)OC[C@@H](OCc1ccc(F)c(Br)c1)C2. The van der Waals surface area contributed by atoms with Gasteiger partial charge in [-0.2, -0.15) is 0 Å². The lowest BCUT2D eigenvalue weighted by molar-refractivity contribution is -0.389. The summed E-state index contributed by atoms with van der Waals surface area (Å²) in [5, 5.41) is 10.7. The molecule has 22 heavy (non-hydrogen) atoms. The second-order valence-corrected chi connectivity index (χ2v) is 5.64. The molecule has 0 amide bonds. The van der Waals surface area contributed by atoms with Crippen molar-refractivity contribution in [3.05, 3.63) is 50.4 Å². The summed E-state index contributed by atoms with van der Waals surface area (Å²) in [6.07, 6.45) is 1.06. The van der Waals surface area contributed by atoms with Gasteiger partial charge >= 0.3 is 11.8 Å². The molecule has 1 atom stereocenters. The molecule has 9 heteroatoms. The average molecular weight is 372 g/mol. The Morgan fingerprint density at radius 1 is 1.59 bits per heavy atom. The van der Waals surface area contributed by atoms with E-state index in [-0.39, 0.29) is 30.4 Å². The van der Waals surface area contributed by atoms with Gasteiger partial charge in [0.1, 0.15) is 24.7 Å². The lowest BCUT2D eigenvalue weighted by Gasteiger charge is -2.22. The van der Waals surface area contributed by atoms with Gasteiger partial charge in [0.2, 0.25) is 0 Å². The zero-order valence-electron chi connectivity index (χ0n) is 11.2. The molecule has 0 N–H and O–H groups in total. The van der Waals surface area contributed by atoms with Crippen LogP contribution in [0, 0.1) is 15.9 Å². The summed E-state index contributed by atoms with van der Waals surface area (Å²) in [5.41, 5.74) is 0.815. The highest BCUT2D eigenvalue weighted by Crippen LogP contribution is 2.23. The molecule has 1 aliphatic rings. The van der Waals surface area contributed by atoms with Crippen molar-refractivity contribution >= 4 is 21.7 Å². The summed E-state index contributed by atoms with van der Waals surface area (Å²) in [6.45, 7) is 0.966. The predicted molar refractivity (Wildman–Crippen MR) is 77.1 cm³/mol. The summed E-state index contributed by atoms with van der Waals surface area (Å²) in [6, 6.07) is 4.86. The standard InChI is InChI=1S/C13H11BrFN3O4/c14-10-3-8(1-2-11(10)15)6-21-9-4-17-5-12(18(19)20)16-13(17)22-7-9/h1-3,5,9H,4,6-7H2/t9-/m0/s1. The van der Waals surface area contributed by atoms with Crippen molar-refractivity contribution in [3.8, 4) is 6.01 Å². The first-order valence-corrected chi connectivity index (χ1v) is 7.22. The molecule has 116 valence electrons. The smallest absolute Gasteiger partial charge is 0.414 e. The molecule has 0 radical (unpaired) electrons. The molecule has 0 saturated heterocycles. The summed E-state index contributed by atoms with van der Waals surface area (Å²) >= 11 is 3.12. The summed E-state index contributed by atoms with van der Waals surface area (Å²) < 4.78 is 26.1. The fourth-order valence-corrected chi connectivity index (χ4v) is 2.53. The van der Waals surface area contributed by atoms with Gasteiger partial charge in [-0.15, -0.1) is 0 Å². The van der Waals surface area contributed by atoms with E-state index < -0.39 is 4.92 Å². The van der Waals surface area contributed by atoms with Gasteiger partial charge < -0.3 is 19.6 Å². The Morgan fingerprint density at radius 2 is 2.41 bits per heavy atom. The number of aromatic nitrogens is 2. The minimum atomic E-state index is -0.569. The highest BCUT2D eigenvalue weighted by molar-refractivity contribution is 9.10. The molecule has 2 aromatic rings. The van der Waals surface area contributed by atoms with Gasteiger partial charge in [-0.1, -0.05) is 6.07 Å². The molecule has 3 rings (SSSR count). The topological polar surface area (TPSA) is 79.4 Å². The van der Waals surface area contributed by atoms with Gasteiger partial charge in [0.05, 0.1) is 17.6 Å². The Kier molecular flexibility index (Phi) is 4.08. The average Bonchev–Trinajstić information content (AvgIpc) is 2.92. The fourth-order valence-electron chi connectivity index (χ4n) is 2.10. The molecule has 7 nitrogen and oxygen atoms in total. The third-order valence-electron chi connectivity index (χ3n) is 3.18. The molecule has 0 bridgehead atoms. The molecule has 1 aromatic heterocycles. The molecule has 0 unspecified atom stereocenters. The Morgan fingerprint density at radius 3 is 3.14 bits per heavy atom. The van der Waals surface area contributed by atoms with Crippen LogP contribution in [0.5, 0.6) is 6.01 Å². The van der Waals surface area contributed by atoms with Crippen molar-refractivity contribution in [1.29, 1.82) is 0 Å². The Bertz CT molecular complexity index is 721. The number of fused-ring (bicyclic) bond motifs is 1. The highest BCUT2D eigenvalue weighted by Gasteiger charge is 2.28. The van der Waals surface area contributed by atoms with Crippen molar-refractivity contribution in [1.82, 2.24) is 9.55 Å². The molecule has 0 fully saturated rings. The van der Waals surface area contributed by atoms with Crippen LogP contribution in [0.4, 0.5) is 10.2 Å². The van der Waals surface area contributed by atoms with Crippen molar-refractivity contribution in [2.24, 2.45) is 0 Å². The van der Waals surface area contributed by atoms with Crippen LogP contribution in [0.15, 0.2) is 28.9 Å². The largest absolute Gasteiger partial charge is 0.443 e. The fraction of sp³-hybridized carbons (Fsp3) is 0.308. The quantitative estimate of drug-likeness (QED) is 0.609. The first kappa shape index (κ1) is 14.9. The van der Waals surface area contributed by atoms with Crippen molar-refractivity contribution < 1.29 is 18.8 Å². The third kappa shape index (κ3) is 3.09. The number of nitrogens with zero attached hydrogens (tertiary/aromatic N) is 3. The van der Waals surface area contributed by atoms with Gasteiger partial charge in [0, 0.05) is 4.98 Å². The zero-order chi connectivity index (χ0) is 15.7. The summed E-state index contributed by atoms with van der Waals surface area (Å²) in [7, 11) is 0. The van der Waals surface area contributed by atoms with Crippen molar-refractivity contribution in [3.63, 3.8) is 0 Å². The minimum absolute atomic E-state index is 0.219. The second kappa shape index (κ2) is 6.01. The van der Waals surface area contributed by atoms with Crippen LogP contribution >= 0.6 is 15.9 Å². The van der Waals surface area contributed by atoms with E-state index in [4.69, 9.17) is 9.47 Å². The molecule has 0 spiro atoms. The number of halogens is 2.